The summed E-state index contributed by atoms with van der Waals surface area (Å²) in [5.74, 6) is 0.622. The molecule has 3 fully saturated rings. The number of hydrogen-bond donors (Lipinski definition) is 0. The van der Waals surface area contributed by atoms with E-state index >= 15 is 0 Å². The van der Waals surface area contributed by atoms with Crippen LogP contribution >= 0.6 is 0 Å². The second-order valence-corrected chi connectivity index (χ2v) is 7.70. The van der Waals surface area contributed by atoms with Crippen LogP contribution in [0, 0.1) is 5.92 Å². The molecule has 3 saturated heterocycles. The first-order valence-electron chi connectivity index (χ1n) is 9.46. The summed E-state index contributed by atoms with van der Waals surface area (Å²) in [5.41, 5.74) is 0.619. The highest BCUT2D eigenvalue weighted by molar-refractivity contribution is 5.93. The van der Waals surface area contributed by atoms with Gasteiger partial charge in [0.05, 0.1) is 11.8 Å². The molecule has 6 nitrogen and oxygen atoms in total. The Morgan fingerprint density at radius 2 is 2.04 bits per heavy atom. The predicted octanol–water partition coefficient (Wildman–Crippen LogP) is 1.83. The number of likely N-dealkylation sites (tertiary alicyclic amines) is 3. The fourth-order valence-corrected chi connectivity index (χ4v) is 5.02. The smallest absolute Gasteiger partial charge is 0.257 e. The van der Waals surface area contributed by atoms with Gasteiger partial charge in [0.15, 0.2) is 0 Å². The van der Waals surface area contributed by atoms with E-state index in [1.807, 2.05) is 4.90 Å². The van der Waals surface area contributed by atoms with E-state index in [4.69, 9.17) is 4.42 Å². The number of carbonyl (C=O) groups excluding carboxylic acids is 2. The normalized spacial score (nSPS) is 29.9. The van der Waals surface area contributed by atoms with Gasteiger partial charge in [-0.3, -0.25) is 9.59 Å². The number of hydrogen-bond acceptors (Lipinski definition) is 4. The molecule has 25 heavy (non-hydrogen) atoms. The van der Waals surface area contributed by atoms with Gasteiger partial charge in [-0.1, -0.05) is 0 Å². The average molecular weight is 345 g/mol. The van der Waals surface area contributed by atoms with Crippen molar-refractivity contribution < 1.29 is 14.0 Å². The van der Waals surface area contributed by atoms with Gasteiger partial charge >= 0.3 is 0 Å². The third-order valence-corrected chi connectivity index (χ3v) is 6.11. The predicted molar refractivity (Wildman–Crippen MR) is 93.1 cm³/mol. The molecule has 3 aliphatic rings. The van der Waals surface area contributed by atoms with Crippen LogP contribution in [0.5, 0.6) is 0 Å². The minimum absolute atomic E-state index is 0.0459. The molecule has 2 amide bonds. The van der Waals surface area contributed by atoms with E-state index in [9.17, 15) is 9.59 Å². The van der Waals surface area contributed by atoms with Crippen LogP contribution in [0.1, 0.15) is 43.0 Å². The van der Waals surface area contributed by atoms with Crippen molar-refractivity contribution in [2.75, 3.05) is 32.7 Å². The minimum atomic E-state index is 0.0459. The van der Waals surface area contributed by atoms with E-state index in [1.165, 1.54) is 19.1 Å². The molecule has 1 aromatic rings. The first-order valence-corrected chi connectivity index (χ1v) is 9.46. The fourth-order valence-electron chi connectivity index (χ4n) is 5.02. The molecule has 4 rings (SSSR count). The maximum Gasteiger partial charge on any atom is 0.257 e. The van der Waals surface area contributed by atoms with Crippen LogP contribution in [0.3, 0.4) is 0 Å². The SMILES string of the molecule is CC(=O)N1[C@H](CN2CCCC2)C[C@@H]2CN(C(=O)c3ccoc3)CC[C@@H]21. The van der Waals surface area contributed by atoms with E-state index < -0.39 is 0 Å². The highest BCUT2D eigenvalue weighted by Crippen LogP contribution is 2.36. The van der Waals surface area contributed by atoms with Gasteiger partial charge in [0.1, 0.15) is 6.26 Å². The van der Waals surface area contributed by atoms with Crippen LogP contribution < -0.4 is 0 Å². The molecule has 0 saturated carbocycles. The monoisotopic (exact) mass is 345 g/mol. The van der Waals surface area contributed by atoms with Gasteiger partial charge in [0.2, 0.25) is 5.91 Å². The molecule has 4 heterocycles. The molecule has 0 unspecified atom stereocenters. The van der Waals surface area contributed by atoms with Crippen molar-refractivity contribution >= 4 is 11.8 Å². The Bertz CT molecular complexity index is 624. The van der Waals surface area contributed by atoms with E-state index in [1.54, 1.807) is 19.3 Å². The van der Waals surface area contributed by atoms with Gasteiger partial charge in [-0.05, 0) is 50.8 Å². The van der Waals surface area contributed by atoms with E-state index in [2.05, 4.69) is 9.80 Å². The van der Waals surface area contributed by atoms with Crippen LogP contribution in [-0.4, -0.2) is 71.3 Å². The Labute approximate surface area is 148 Å². The maximum absolute atomic E-state index is 12.6. The zero-order valence-corrected chi connectivity index (χ0v) is 14.9. The zero-order valence-electron chi connectivity index (χ0n) is 14.9. The molecule has 0 N–H and O–H groups in total. The molecule has 3 atom stereocenters. The van der Waals surface area contributed by atoms with Gasteiger partial charge in [-0.25, -0.2) is 0 Å². The summed E-state index contributed by atoms with van der Waals surface area (Å²) in [6, 6.07) is 2.31. The lowest BCUT2D eigenvalue weighted by molar-refractivity contribution is -0.132. The molecule has 0 aliphatic carbocycles. The molecule has 0 radical (unpaired) electrons. The molecule has 6 heteroatoms. The first kappa shape index (κ1) is 16.6. The van der Waals surface area contributed by atoms with Crippen molar-refractivity contribution in [2.24, 2.45) is 5.92 Å². The van der Waals surface area contributed by atoms with Gasteiger partial charge < -0.3 is 19.1 Å². The number of carbonyl (C=O) groups is 2. The summed E-state index contributed by atoms with van der Waals surface area (Å²) in [6.07, 6.45) is 7.49. The zero-order chi connectivity index (χ0) is 17.4. The van der Waals surface area contributed by atoms with E-state index in [0.717, 1.165) is 39.0 Å². The van der Waals surface area contributed by atoms with Gasteiger partial charge in [-0.15, -0.1) is 0 Å². The highest BCUT2D eigenvalue weighted by atomic mass is 16.3. The van der Waals surface area contributed by atoms with Gasteiger partial charge in [-0.2, -0.15) is 0 Å². The van der Waals surface area contributed by atoms with Crippen LogP contribution in [0.4, 0.5) is 0 Å². The number of fused-ring (bicyclic) bond motifs is 1. The molecule has 0 aromatic carbocycles. The summed E-state index contributed by atoms with van der Waals surface area (Å²) < 4.78 is 5.05. The lowest BCUT2D eigenvalue weighted by Gasteiger charge is -2.38. The number of amides is 2. The lowest BCUT2D eigenvalue weighted by Crippen LogP contribution is -2.51. The fraction of sp³-hybridized carbons (Fsp3) is 0.684. The lowest BCUT2D eigenvalue weighted by atomic mass is 9.91. The van der Waals surface area contributed by atoms with Crippen molar-refractivity contribution in [3.05, 3.63) is 24.2 Å². The number of furan rings is 1. The van der Waals surface area contributed by atoms with Crippen LogP contribution in [0.2, 0.25) is 0 Å². The Hall–Kier alpha value is -1.82. The molecule has 136 valence electrons. The van der Waals surface area contributed by atoms with Crippen molar-refractivity contribution in [1.29, 1.82) is 0 Å². The Morgan fingerprint density at radius 1 is 1.24 bits per heavy atom. The molecular weight excluding hydrogens is 318 g/mol. The molecule has 1 aromatic heterocycles. The van der Waals surface area contributed by atoms with Crippen molar-refractivity contribution in [1.82, 2.24) is 14.7 Å². The number of rotatable bonds is 3. The quantitative estimate of drug-likeness (QED) is 0.839. The maximum atomic E-state index is 12.6. The average Bonchev–Trinajstić information content (AvgIpc) is 3.34. The standard InChI is InChI=1S/C19H27N3O3/c1-14(23)22-17(12-20-6-2-3-7-20)10-16-11-21(8-4-18(16)22)19(24)15-5-9-25-13-15/h5,9,13,16-18H,2-4,6-8,10-12H2,1H3/t16-,17+,18+/m1/s1. The van der Waals surface area contributed by atoms with Crippen LogP contribution in [0.25, 0.3) is 0 Å². The highest BCUT2D eigenvalue weighted by Gasteiger charge is 2.46. The summed E-state index contributed by atoms with van der Waals surface area (Å²) in [4.78, 5) is 31.5. The Balaban J connectivity index is 1.45. The molecule has 0 spiro atoms. The van der Waals surface area contributed by atoms with E-state index in [0.29, 0.717) is 30.1 Å². The molecular formula is C19H27N3O3. The number of piperidine rings is 1. The van der Waals surface area contributed by atoms with Gasteiger partial charge in [0, 0.05) is 38.6 Å². The summed E-state index contributed by atoms with van der Waals surface area (Å²) in [5, 5.41) is 0. The van der Waals surface area contributed by atoms with Crippen LogP contribution in [-0.2, 0) is 4.79 Å². The Kier molecular flexibility index (Phi) is 4.54. The van der Waals surface area contributed by atoms with E-state index in [-0.39, 0.29) is 11.8 Å². The van der Waals surface area contributed by atoms with Crippen molar-refractivity contribution in [2.45, 2.75) is 44.7 Å². The molecule has 0 bridgehead atoms. The van der Waals surface area contributed by atoms with Crippen molar-refractivity contribution in [3.8, 4) is 0 Å². The summed E-state index contributed by atoms with van der Waals surface area (Å²) in [6.45, 7) is 6.45. The van der Waals surface area contributed by atoms with Crippen molar-refractivity contribution in [3.63, 3.8) is 0 Å². The first-order chi connectivity index (χ1) is 12.1. The summed E-state index contributed by atoms with van der Waals surface area (Å²) in [7, 11) is 0. The largest absolute Gasteiger partial charge is 0.472 e. The van der Waals surface area contributed by atoms with Gasteiger partial charge in [0.25, 0.3) is 5.91 Å². The Morgan fingerprint density at radius 3 is 2.72 bits per heavy atom. The third-order valence-electron chi connectivity index (χ3n) is 6.11. The second-order valence-electron chi connectivity index (χ2n) is 7.70. The minimum Gasteiger partial charge on any atom is -0.472 e. The summed E-state index contributed by atoms with van der Waals surface area (Å²) >= 11 is 0. The number of nitrogens with zero attached hydrogens (tertiary/aromatic N) is 3. The van der Waals surface area contributed by atoms with Crippen LogP contribution in [0.15, 0.2) is 23.0 Å². The molecule has 3 aliphatic heterocycles. The second kappa shape index (κ2) is 6.83. The topological polar surface area (TPSA) is 57.0 Å². The third kappa shape index (κ3) is 3.19.